The average molecular weight is 247 g/mol. The van der Waals surface area contributed by atoms with Crippen LogP contribution in [0.25, 0.3) is 0 Å². The molecule has 1 unspecified atom stereocenters. The summed E-state index contributed by atoms with van der Waals surface area (Å²) in [4.78, 5) is 25.0. The lowest BCUT2D eigenvalue weighted by molar-refractivity contribution is -0.145. The molecule has 1 N–H and O–H groups in total. The molecule has 18 heavy (non-hydrogen) atoms. The molecule has 1 atom stereocenters. The van der Waals surface area contributed by atoms with Crippen molar-refractivity contribution in [2.75, 3.05) is 12.0 Å². The van der Waals surface area contributed by atoms with Crippen LogP contribution in [0.4, 0.5) is 5.69 Å². The number of anilines is 1. The lowest BCUT2D eigenvalue weighted by atomic mass is 10.0. The van der Waals surface area contributed by atoms with Gasteiger partial charge in [-0.1, -0.05) is 18.2 Å². The SMILES string of the molecule is COC(=O)C1(C)C=C(O)C(=O)N1c1ccccc1. The maximum absolute atomic E-state index is 11.9. The van der Waals surface area contributed by atoms with Crippen molar-refractivity contribution >= 4 is 17.6 Å². The van der Waals surface area contributed by atoms with E-state index in [0.29, 0.717) is 5.69 Å². The molecule has 0 aromatic heterocycles. The third-order valence-corrected chi connectivity index (χ3v) is 2.92. The minimum absolute atomic E-state index is 0.452. The van der Waals surface area contributed by atoms with Gasteiger partial charge in [-0.05, 0) is 19.1 Å². The molecule has 5 nitrogen and oxygen atoms in total. The average Bonchev–Trinajstić information content (AvgIpc) is 2.61. The normalized spacial score (nSPS) is 22.9. The summed E-state index contributed by atoms with van der Waals surface area (Å²) >= 11 is 0. The van der Waals surface area contributed by atoms with Gasteiger partial charge in [-0.3, -0.25) is 9.69 Å². The maximum atomic E-state index is 11.9. The van der Waals surface area contributed by atoms with Crippen molar-refractivity contribution in [3.63, 3.8) is 0 Å². The van der Waals surface area contributed by atoms with Gasteiger partial charge in [-0.15, -0.1) is 0 Å². The molecule has 0 spiro atoms. The minimum Gasteiger partial charge on any atom is -0.503 e. The van der Waals surface area contributed by atoms with Crippen LogP contribution in [0.15, 0.2) is 42.2 Å². The molecule has 5 heteroatoms. The van der Waals surface area contributed by atoms with Crippen LogP contribution in [0.3, 0.4) is 0 Å². The van der Waals surface area contributed by atoms with Crippen LogP contribution in [0.2, 0.25) is 0 Å². The highest BCUT2D eigenvalue weighted by Crippen LogP contribution is 2.33. The van der Waals surface area contributed by atoms with Crippen molar-refractivity contribution in [3.05, 3.63) is 42.2 Å². The number of carbonyl (C=O) groups is 2. The number of hydrogen-bond acceptors (Lipinski definition) is 4. The molecule has 0 saturated heterocycles. The van der Waals surface area contributed by atoms with Gasteiger partial charge in [0.05, 0.1) is 7.11 Å². The number of esters is 1. The zero-order chi connectivity index (χ0) is 13.3. The zero-order valence-electron chi connectivity index (χ0n) is 10.1. The molecule has 0 aliphatic carbocycles. The summed E-state index contributed by atoms with van der Waals surface area (Å²) in [7, 11) is 1.24. The molecule has 94 valence electrons. The summed E-state index contributed by atoms with van der Waals surface area (Å²) in [6.45, 7) is 1.52. The van der Waals surface area contributed by atoms with Gasteiger partial charge in [0.2, 0.25) is 0 Å². The van der Waals surface area contributed by atoms with Gasteiger partial charge in [0.1, 0.15) is 0 Å². The Morgan fingerprint density at radius 3 is 2.50 bits per heavy atom. The Morgan fingerprint density at radius 1 is 1.33 bits per heavy atom. The van der Waals surface area contributed by atoms with E-state index in [0.717, 1.165) is 0 Å². The second kappa shape index (κ2) is 4.18. The predicted molar refractivity (Wildman–Crippen MR) is 65.1 cm³/mol. The number of nitrogens with zero attached hydrogens (tertiary/aromatic N) is 1. The summed E-state index contributed by atoms with van der Waals surface area (Å²) < 4.78 is 4.70. The van der Waals surface area contributed by atoms with E-state index in [1.54, 1.807) is 30.3 Å². The van der Waals surface area contributed by atoms with Gasteiger partial charge < -0.3 is 9.84 Å². The first-order valence-corrected chi connectivity index (χ1v) is 5.40. The van der Waals surface area contributed by atoms with E-state index < -0.39 is 23.2 Å². The zero-order valence-corrected chi connectivity index (χ0v) is 10.1. The van der Waals surface area contributed by atoms with Gasteiger partial charge in [0.25, 0.3) is 5.91 Å². The number of aliphatic hydroxyl groups is 1. The quantitative estimate of drug-likeness (QED) is 0.802. The second-order valence-corrected chi connectivity index (χ2v) is 4.14. The number of aliphatic hydroxyl groups excluding tert-OH is 1. The molecule has 2 rings (SSSR count). The van der Waals surface area contributed by atoms with Crippen LogP contribution in [0, 0.1) is 0 Å². The smallest absolute Gasteiger partial charge is 0.336 e. The number of para-hydroxylation sites is 1. The van der Waals surface area contributed by atoms with E-state index in [1.165, 1.54) is 25.0 Å². The largest absolute Gasteiger partial charge is 0.503 e. The Morgan fingerprint density at radius 2 is 1.94 bits per heavy atom. The molecule has 1 aromatic carbocycles. The molecular formula is C13H13NO4. The van der Waals surface area contributed by atoms with Crippen LogP contribution in [-0.4, -0.2) is 29.6 Å². The monoisotopic (exact) mass is 247 g/mol. The second-order valence-electron chi connectivity index (χ2n) is 4.14. The van der Waals surface area contributed by atoms with E-state index in [1.807, 2.05) is 0 Å². The van der Waals surface area contributed by atoms with Crippen molar-refractivity contribution in [1.82, 2.24) is 0 Å². The molecule has 1 aliphatic heterocycles. The fourth-order valence-electron chi connectivity index (χ4n) is 2.04. The van der Waals surface area contributed by atoms with E-state index in [4.69, 9.17) is 4.74 Å². The molecule has 1 aliphatic rings. The number of hydrogen-bond donors (Lipinski definition) is 1. The van der Waals surface area contributed by atoms with Crippen LogP contribution in [-0.2, 0) is 14.3 Å². The molecule has 0 saturated carbocycles. The Labute approximate surface area is 104 Å². The standard InChI is InChI=1S/C13H13NO4/c1-13(12(17)18-2)8-10(15)11(16)14(13)9-6-4-3-5-7-9/h3-8,15H,1-2H3. The molecule has 1 amide bonds. The van der Waals surface area contributed by atoms with Crippen molar-refractivity contribution in [3.8, 4) is 0 Å². The topological polar surface area (TPSA) is 66.8 Å². The molecular weight excluding hydrogens is 234 g/mol. The van der Waals surface area contributed by atoms with Gasteiger partial charge in [-0.25, -0.2) is 4.79 Å². The summed E-state index contributed by atoms with van der Waals surface area (Å²) in [6, 6.07) is 8.66. The van der Waals surface area contributed by atoms with Crippen molar-refractivity contribution in [1.29, 1.82) is 0 Å². The summed E-state index contributed by atoms with van der Waals surface area (Å²) in [6.07, 6.45) is 1.20. The lowest BCUT2D eigenvalue weighted by Crippen LogP contribution is -2.51. The molecule has 1 aromatic rings. The molecule has 0 fully saturated rings. The van der Waals surface area contributed by atoms with Gasteiger partial charge in [0, 0.05) is 11.8 Å². The Hall–Kier alpha value is -2.30. The summed E-state index contributed by atoms with van der Waals surface area (Å²) in [5.74, 6) is -1.68. The Bertz CT molecular complexity index is 523. The predicted octanol–water partition coefficient (Wildman–Crippen LogP) is 1.41. The Balaban J connectivity index is 2.51. The first-order valence-electron chi connectivity index (χ1n) is 5.40. The highest BCUT2D eigenvalue weighted by atomic mass is 16.5. The van der Waals surface area contributed by atoms with Crippen LogP contribution in [0.5, 0.6) is 0 Å². The number of benzene rings is 1. The highest BCUT2D eigenvalue weighted by molar-refractivity contribution is 6.14. The van der Waals surface area contributed by atoms with Crippen LogP contribution < -0.4 is 4.90 Å². The number of methoxy groups -OCH3 is 1. The van der Waals surface area contributed by atoms with Crippen LogP contribution >= 0.6 is 0 Å². The van der Waals surface area contributed by atoms with Crippen LogP contribution in [0.1, 0.15) is 6.92 Å². The van der Waals surface area contributed by atoms with Gasteiger partial charge in [-0.2, -0.15) is 0 Å². The molecule has 0 radical (unpaired) electrons. The van der Waals surface area contributed by atoms with Crippen molar-refractivity contribution < 1.29 is 19.4 Å². The lowest BCUT2D eigenvalue weighted by Gasteiger charge is -2.31. The summed E-state index contributed by atoms with van der Waals surface area (Å²) in [5, 5.41) is 9.57. The number of amides is 1. The van der Waals surface area contributed by atoms with E-state index in [9.17, 15) is 14.7 Å². The fraction of sp³-hybridized carbons (Fsp3) is 0.231. The minimum atomic E-state index is -1.32. The highest BCUT2D eigenvalue weighted by Gasteiger charge is 2.49. The first kappa shape index (κ1) is 12.2. The van der Waals surface area contributed by atoms with Crippen molar-refractivity contribution in [2.24, 2.45) is 0 Å². The number of ether oxygens (including phenoxy) is 1. The third kappa shape index (κ3) is 1.64. The number of rotatable bonds is 2. The third-order valence-electron chi connectivity index (χ3n) is 2.92. The molecule has 1 heterocycles. The van der Waals surface area contributed by atoms with E-state index in [-0.39, 0.29) is 0 Å². The van der Waals surface area contributed by atoms with E-state index in [2.05, 4.69) is 0 Å². The van der Waals surface area contributed by atoms with Crippen molar-refractivity contribution in [2.45, 2.75) is 12.5 Å². The fourth-order valence-corrected chi connectivity index (χ4v) is 2.04. The number of carbonyl (C=O) groups excluding carboxylic acids is 2. The Kier molecular flexibility index (Phi) is 2.82. The molecule has 0 bridgehead atoms. The maximum Gasteiger partial charge on any atom is 0.336 e. The van der Waals surface area contributed by atoms with E-state index >= 15 is 0 Å². The van der Waals surface area contributed by atoms with Gasteiger partial charge >= 0.3 is 5.97 Å². The summed E-state index contributed by atoms with van der Waals surface area (Å²) in [5.41, 5.74) is -0.798. The van der Waals surface area contributed by atoms with Gasteiger partial charge in [0.15, 0.2) is 11.3 Å². The first-order chi connectivity index (χ1) is 8.50.